The van der Waals surface area contributed by atoms with Crippen LogP contribution >= 0.6 is 0 Å². The Morgan fingerprint density at radius 3 is 3.16 bits per heavy atom. The molecule has 1 fully saturated rings. The SMILES string of the molecule is CCN1CCCC(NC(=O)c2cccnc2NC)C1. The van der Waals surface area contributed by atoms with Gasteiger partial charge in [-0.1, -0.05) is 6.92 Å². The number of hydrogen-bond acceptors (Lipinski definition) is 4. The number of aromatic nitrogens is 1. The molecule has 1 saturated heterocycles. The van der Waals surface area contributed by atoms with Crippen LogP contribution in [0, 0.1) is 0 Å². The highest BCUT2D eigenvalue weighted by molar-refractivity contribution is 5.98. The summed E-state index contributed by atoms with van der Waals surface area (Å²) in [6.45, 7) is 5.28. The Morgan fingerprint density at radius 1 is 1.58 bits per heavy atom. The van der Waals surface area contributed by atoms with Crippen LogP contribution in [0.4, 0.5) is 5.82 Å². The van der Waals surface area contributed by atoms with E-state index in [-0.39, 0.29) is 11.9 Å². The molecule has 0 spiro atoms. The summed E-state index contributed by atoms with van der Waals surface area (Å²) in [5.41, 5.74) is 0.610. The highest BCUT2D eigenvalue weighted by atomic mass is 16.1. The number of piperidine rings is 1. The number of likely N-dealkylation sites (tertiary alicyclic amines) is 1. The van der Waals surface area contributed by atoms with Gasteiger partial charge in [0.25, 0.3) is 5.91 Å². The number of nitrogens with one attached hydrogen (secondary N) is 2. The lowest BCUT2D eigenvalue weighted by Gasteiger charge is -2.32. The molecule has 0 saturated carbocycles. The van der Waals surface area contributed by atoms with Crippen LogP contribution in [0.2, 0.25) is 0 Å². The second kappa shape index (κ2) is 6.52. The van der Waals surface area contributed by atoms with Crippen molar-refractivity contribution >= 4 is 11.7 Å². The third-order valence-electron chi connectivity index (χ3n) is 3.58. The molecule has 1 aromatic rings. The predicted molar refractivity (Wildman–Crippen MR) is 76.4 cm³/mol. The Hall–Kier alpha value is -1.62. The van der Waals surface area contributed by atoms with Crippen LogP contribution in [-0.4, -0.2) is 48.5 Å². The van der Waals surface area contributed by atoms with E-state index in [4.69, 9.17) is 0 Å². The quantitative estimate of drug-likeness (QED) is 0.859. The Balaban J connectivity index is 2.00. The van der Waals surface area contributed by atoms with Gasteiger partial charge in [-0.2, -0.15) is 0 Å². The van der Waals surface area contributed by atoms with Gasteiger partial charge in [0, 0.05) is 25.8 Å². The van der Waals surface area contributed by atoms with E-state index in [1.807, 2.05) is 0 Å². The minimum Gasteiger partial charge on any atom is -0.372 e. The summed E-state index contributed by atoms with van der Waals surface area (Å²) < 4.78 is 0. The molecule has 0 radical (unpaired) electrons. The molecule has 5 nitrogen and oxygen atoms in total. The fraction of sp³-hybridized carbons (Fsp3) is 0.571. The number of hydrogen-bond donors (Lipinski definition) is 2. The van der Waals surface area contributed by atoms with Crippen LogP contribution in [0.15, 0.2) is 18.3 Å². The van der Waals surface area contributed by atoms with E-state index in [0.717, 1.165) is 32.5 Å². The fourth-order valence-electron chi connectivity index (χ4n) is 2.51. The molecule has 1 aliphatic heterocycles. The smallest absolute Gasteiger partial charge is 0.255 e. The first-order valence-corrected chi connectivity index (χ1v) is 6.90. The lowest BCUT2D eigenvalue weighted by Crippen LogP contribution is -2.47. The standard InChI is InChI=1S/C14H22N4O/c1-3-18-9-5-6-11(10-18)17-14(19)12-7-4-8-16-13(12)15-2/h4,7-8,11H,3,5-6,9-10H2,1-2H3,(H,15,16)(H,17,19). The van der Waals surface area contributed by atoms with Crippen molar-refractivity contribution in [1.29, 1.82) is 0 Å². The topological polar surface area (TPSA) is 57.3 Å². The molecule has 2 N–H and O–H groups in total. The fourth-order valence-corrected chi connectivity index (χ4v) is 2.51. The molecule has 2 heterocycles. The maximum atomic E-state index is 12.3. The van der Waals surface area contributed by atoms with Crippen molar-refractivity contribution in [3.63, 3.8) is 0 Å². The minimum atomic E-state index is -0.0413. The van der Waals surface area contributed by atoms with Crippen molar-refractivity contribution in [2.45, 2.75) is 25.8 Å². The highest BCUT2D eigenvalue weighted by Gasteiger charge is 2.21. The van der Waals surface area contributed by atoms with E-state index in [2.05, 4.69) is 27.4 Å². The molecule has 2 rings (SSSR count). The number of carbonyl (C=O) groups is 1. The molecule has 1 aromatic heterocycles. The number of anilines is 1. The molecule has 1 atom stereocenters. The van der Waals surface area contributed by atoms with Crippen molar-refractivity contribution in [1.82, 2.24) is 15.2 Å². The summed E-state index contributed by atoms with van der Waals surface area (Å²) in [6, 6.07) is 3.83. The Kier molecular flexibility index (Phi) is 4.74. The molecule has 1 aliphatic rings. The largest absolute Gasteiger partial charge is 0.372 e. The molecule has 1 amide bonds. The van der Waals surface area contributed by atoms with Crippen molar-refractivity contribution in [2.24, 2.45) is 0 Å². The lowest BCUT2D eigenvalue weighted by atomic mass is 10.1. The van der Waals surface area contributed by atoms with E-state index in [0.29, 0.717) is 11.4 Å². The summed E-state index contributed by atoms with van der Waals surface area (Å²) in [4.78, 5) is 18.8. The Bertz CT molecular complexity index is 435. The second-order valence-electron chi connectivity index (χ2n) is 4.86. The van der Waals surface area contributed by atoms with Gasteiger partial charge in [-0.25, -0.2) is 4.98 Å². The maximum Gasteiger partial charge on any atom is 0.255 e. The van der Waals surface area contributed by atoms with E-state index >= 15 is 0 Å². The monoisotopic (exact) mass is 262 g/mol. The van der Waals surface area contributed by atoms with Gasteiger partial charge in [0.15, 0.2) is 0 Å². The number of pyridine rings is 1. The zero-order chi connectivity index (χ0) is 13.7. The van der Waals surface area contributed by atoms with Gasteiger partial charge < -0.3 is 15.5 Å². The number of likely N-dealkylation sites (N-methyl/N-ethyl adjacent to an activating group) is 1. The molecule has 0 aromatic carbocycles. The summed E-state index contributed by atoms with van der Waals surface area (Å²) in [5.74, 6) is 0.587. The van der Waals surface area contributed by atoms with Crippen molar-refractivity contribution in [3.8, 4) is 0 Å². The maximum absolute atomic E-state index is 12.3. The molecule has 0 bridgehead atoms. The highest BCUT2D eigenvalue weighted by Crippen LogP contribution is 2.13. The number of nitrogens with zero attached hydrogens (tertiary/aromatic N) is 2. The van der Waals surface area contributed by atoms with Gasteiger partial charge >= 0.3 is 0 Å². The molecular weight excluding hydrogens is 240 g/mol. The van der Waals surface area contributed by atoms with E-state index in [1.54, 1.807) is 25.4 Å². The first-order chi connectivity index (χ1) is 9.24. The van der Waals surface area contributed by atoms with Crippen LogP contribution in [-0.2, 0) is 0 Å². The number of amides is 1. The zero-order valence-corrected chi connectivity index (χ0v) is 11.6. The Morgan fingerprint density at radius 2 is 2.42 bits per heavy atom. The van der Waals surface area contributed by atoms with E-state index in [1.165, 1.54) is 0 Å². The summed E-state index contributed by atoms with van der Waals surface area (Å²) in [6.07, 6.45) is 3.88. The first-order valence-electron chi connectivity index (χ1n) is 6.90. The van der Waals surface area contributed by atoms with Crippen LogP contribution in [0.25, 0.3) is 0 Å². The van der Waals surface area contributed by atoms with Crippen molar-refractivity contribution in [2.75, 3.05) is 32.0 Å². The van der Waals surface area contributed by atoms with Crippen LogP contribution in [0.5, 0.6) is 0 Å². The number of rotatable bonds is 4. The van der Waals surface area contributed by atoms with Gasteiger partial charge in [0.2, 0.25) is 0 Å². The third-order valence-corrected chi connectivity index (χ3v) is 3.58. The third kappa shape index (κ3) is 3.44. The second-order valence-corrected chi connectivity index (χ2v) is 4.86. The molecule has 0 aliphatic carbocycles. The van der Waals surface area contributed by atoms with Crippen molar-refractivity contribution in [3.05, 3.63) is 23.9 Å². The van der Waals surface area contributed by atoms with Gasteiger partial charge in [-0.3, -0.25) is 4.79 Å². The summed E-state index contributed by atoms with van der Waals surface area (Å²) in [7, 11) is 1.78. The minimum absolute atomic E-state index is 0.0413. The van der Waals surface area contributed by atoms with Crippen LogP contribution < -0.4 is 10.6 Å². The van der Waals surface area contributed by atoms with Gasteiger partial charge in [-0.05, 0) is 38.1 Å². The van der Waals surface area contributed by atoms with Crippen LogP contribution in [0.1, 0.15) is 30.1 Å². The van der Waals surface area contributed by atoms with Gasteiger partial charge in [0.1, 0.15) is 5.82 Å². The van der Waals surface area contributed by atoms with Crippen molar-refractivity contribution < 1.29 is 4.79 Å². The predicted octanol–water partition coefficient (Wildman–Crippen LogP) is 1.34. The average molecular weight is 262 g/mol. The van der Waals surface area contributed by atoms with Gasteiger partial charge in [0.05, 0.1) is 5.56 Å². The van der Waals surface area contributed by atoms with E-state index < -0.39 is 0 Å². The summed E-state index contributed by atoms with van der Waals surface area (Å²) in [5, 5.41) is 6.06. The van der Waals surface area contributed by atoms with E-state index in [9.17, 15) is 4.79 Å². The first kappa shape index (κ1) is 13.8. The Labute approximate surface area is 114 Å². The molecule has 104 valence electrons. The lowest BCUT2D eigenvalue weighted by molar-refractivity contribution is 0.0906. The van der Waals surface area contributed by atoms with Gasteiger partial charge in [-0.15, -0.1) is 0 Å². The average Bonchev–Trinajstić information content (AvgIpc) is 2.47. The number of carbonyl (C=O) groups excluding carboxylic acids is 1. The normalized spacial score (nSPS) is 20.0. The molecular formula is C14H22N4O. The molecule has 1 unspecified atom stereocenters. The summed E-state index contributed by atoms with van der Waals surface area (Å²) >= 11 is 0. The molecule has 5 heteroatoms. The van der Waals surface area contributed by atoms with Crippen LogP contribution in [0.3, 0.4) is 0 Å². The zero-order valence-electron chi connectivity index (χ0n) is 11.6. The molecule has 19 heavy (non-hydrogen) atoms.